The molecule has 0 bridgehead atoms. The highest BCUT2D eigenvalue weighted by atomic mass is 19.4. The molecule has 1 aliphatic heterocycles. The molecule has 3 aromatic rings. The fourth-order valence-electron chi connectivity index (χ4n) is 5.10. The van der Waals surface area contributed by atoms with Gasteiger partial charge in [-0.05, 0) is 53.9 Å². The standard InChI is InChI=1S/C32H31F6N3O5/c1-18-26(29(42)46-5)27(20-10-12-22(13-11-20)31(33,34)35)40-30(41(18)17-21-8-6-7-9-23(21)32(36,37)38)39-16-19-14-24(43-2)28(45-4)25(15-19)44-3/h6-15,27H,16-17H2,1-5H3,(H,39,40). The molecule has 0 aromatic heterocycles. The van der Waals surface area contributed by atoms with Gasteiger partial charge in [-0.2, -0.15) is 26.3 Å². The zero-order valence-electron chi connectivity index (χ0n) is 25.5. The van der Waals surface area contributed by atoms with E-state index in [0.717, 1.165) is 25.3 Å². The van der Waals surface area contributed by atoms with Gasteiger partial charge in [0, 0.05) is 5.70 Å². The number of allylic oxidation sites excluding steroid dienone is 1. The number of aliphatic imine (C=N–C) groups is 1. The van der Waals surface area contributed by atoms with Crippen molar-refractivity contribution in [1.29, 1.82) is 0 Å². The maximum absolute atomic E-state index is 14.0. The molecule has 0 saturated heterocycles. The summed E-state index contributed by atoms with van der Waals surface area (Å²) < 4.78 is 103. The summed E-state index contributed by atoms with van der Waals surface area (Å²) in [4.78, 5) is 19.2. The van der Waals surface area contributed by atoms with Crippen LogP contribution in [0.3, 0.4) is 0 Å². The Labute approximate surface area is 261 Å². The van der Waals surface area contributed by atoms with E-state index in [9.17, 15) is 31.1 Å². The maximum Gasteiger partial charge on any atom is 0.416 e. The minimum Gasteiger partial charge on any atom is -0.493 e. The summed E-state index contributed by atoms with van der Waals surface area (Å²) in [6, 6.07) is 11.4. The number of hydrogen-bond donors (Lipinski definition) is 1. The van der Waals surface area contributed by atoms with Crippen LogP contribution >= 0.6 is 0 Å². The third-order valence-corrected chi connectivity index (χ3v) is 7.38. The Morgan fingerprint density at radius 1 is 0.870 bits per heavy atom. The number of guanidine groups is 1. The van der Waals surface area contributed by atoms with Crippen molar-refractivity contribution >= 4 is 11.9 Å². The Morgan fingerprint density at radius 3 is 2.00 bits per heavy atom. The van der Waals surface area contributed by atoms with E-state index in [2.05, 4.69) is 10.3 Å². The van der Waals surface area contributed by atoms with Crippen LogP contribution < -0.4 is 19.5 Å². The van der Waals surface area contributed by atoms with Crippen LogP contribution in [0, 0.1) is 0 Å². The minimum atomic E-state index is -4.67. The van der Waals surface area contributed by atoms with Crippen molar-refractivity contribution < 1.29 is 50.1 Å². The van der Waals surface area contributed by atoms with Gasteiger partial charge < -0.3 is 29.2 Å². The lowest BCUT2D eigenvalue weighted by Gasteiger charge is -2.38. The Balaban J connectivity index is 1.88. The summed E-state index contributed by atoms with van der Waals surface area (Å²) in [7, 11) is 5.45. The lowest BCUT2D eigenvalue weighted by Crippen LogP contribution is -2.49. The van der Waals surface area contributed by atoms with Crippen LogP contribution in [0.25, 0.3) is 0 Å². The summed E-state index contributed by atoms with van der Waals surface area (Å²) in [5.74, 6) is 0.257. The molecule has 0 fully saturated rings. The number of rotatable bonds is 9. The number of ether oxygens (including phenoxy) is 4. The molecule has 46 heavy (non-hydrogen) atoms. The summed E-state index contributed by atoms with van der Waals surface area (Å²) in [5, 5.41) is 3.07. The Kier molecular flexibility index (Phi) is 10.1. The molecule has 0 spiro atoms. The van der Waals surface area contributed by atoms with Crippen molar-refractivity contribution in [3.63, 3.8) is 0 Å². The molecule has 1 N–H and O–H groups in total. The van der Waals surface area contributed by atoms with E-state index in [1.165, 1.54) is 63.5 Å². The fourth-order valence-corrected chi connectivity index (χ4v) is 5.10. The molecule has 14 heteroatoms. The Bertz CT molecular complexity index is 1610. The topological polar surface area (TPSA) is 81.6 Å². The van der Waals surface area contributed by atoms with E-state index >= 15 is 0 Å². The summed E-state index contributed by atoms with van der Waals surface area (Å²) >= 11 is 0. The number of carbonyl (C=O) groups excluding carboxylic acids is 1. The average molecular weight is 652 g/mol. The molecule has 0 radical (unpaired) electrons. The van der Waals surface area contributed by atoms with Crippen LogP contribution in [-0.2, 0) is 35.0 Å². The van der Waals surface area contributed by atoms with Crippen LogP contribution in [0.2, 0.25) is 0 Å². The number of carbonyl (C=O) groups is 1. The van der Waals surface area contributed by atoms with Gasteiger partial charge in [0.2, 0.25) is 5.75 Å². The number of nitrogens with zero attached hydrogens (tertiary/aromatic N) is 2. The largest absolute Gasteiger partial charge is 0.493 e. The first kappa shape index (κ1) is 34.0. The van der Waals surface area contributed by atoms with Gasteiger partial charge in [0.1, 0.15) is 0 Å². The van der Waals surface area contributed by atoms with Gasteiger partial charge >= 0.3 is 18.3 Å². The zero-order chi connectivity index (χ0) is 33.8. The van der Waals surface area contributed by atoms with E-state index in [-0.39, 0.29) is 41.4 Å². The molecule has 246 valence electrons. The molecule has 1 atom stereocenters. The predicted octanol–water partition coefficient (Wildman–Crippen LogP) is 6.90. The van der Waals surface area contributed by atoms with Gasteiger partial charge in [-0.25, -0.2) is 9.79 Å². The van der Waals surface area contributed by atoms with Crippen LogP contribution in [-0.4, -0.2) is 45.3 Å². The van der Waals surface area contributed by atoms with Crippen LogP contribution in [0.15, 0.2) is 76.9 Å². The molecule has 0 amide bonds. The summed E-state index contributed by atoms with van der Waals surface area (Å²) in [6.45, 7) is 1.11. The molecule has 3 aromatic carbocycles. The molecular formula is C32H31F6N3O5. The first-order chi connectivity index (χ1) is 21.7. The number of benzene rings is 3. The van der Waals surface area contributed by atoms with Gasteiger partial charge in [-0.15, -0.1) is 0 Å². The molecule has 1 aliphatic rings. The lowest BCUT2D eigenvalue weighted by atomic mass is 9.93. The molecule has 0 saturated carbocycles. The fraction of sp³-hybridized carbons (Fsp3) is 0.312. The Hall–Kier alpha value is -4.88. The van der Waals surface area contributed by atoms with E-state index < -0.39 is 35.5 Å². The highest BCUT2D eigenvalue weighted by Gasteiger charge is 2.38. The van der Waals surface area contributed by atoms with Gasteiger partial charge in [0.15, 0.2) is 17.5 Å². The van der Waals surface area contributed by atoms with Crippen molar-refractivity contribution in [1.82, 2.24) is 10.2 Å². The van der Waals surface area contributed by atoms with Crippen molar-refractivity contribution in [2.24, 2.45) is 4.99 Å². The van der Waals surface area contributed by atoms with E-state index in [0.29, 0.717) is 22.8 Å². The second kappa shape index (κ2) is 13.6. The first-order valence-corrected chi connectivity index (χ1v) is 13.7. The number of methoxy groups -OCH3 is 4. The highest BCUT2D eigenvalue weighted by molar-refractivity contribution is 5.96. The smallest absolute Gasteiger partial charge is 0.416 e. The summed E-state index contributed by atoms with van der Waals surface area (Å²) in [6.07, 6.45) is -9.26. The molecule has 1 unspecified atom stereocenters. The number of hydrogen-bond acceptors (Lipinski definition) is 6. The second-order valence-corrected chi connectivity index (χ2v) is 10.1. The van der Waals surface area contributed by atoms with Crippen LogP contribution in [0.5, 0.6) is 17.2 Å². The third kappa shape index (κ3) is 7.16. The number of esters is 1. The van der Waals surface area contributed by atoms with E-state index in [4.69, 9.17) is 18.9 Å². The predicted molar refractivity (Wildman–Crippen MR) is 156 cm³/mol. The third-order valence-electron chi connectivity index (χ3n) is 7.38. The lowest BCUT2D eigenvalue weighted by molar-refractivity contribution is -0.139. The Morgan fingerprint density at radius 2 is 1.48 bits per heavy atom. The van der Waals surface area contributed by atoms with Crippen molar-refractivity contribution in [3.8, 4) is 17.2 Å². The normalized spacial score (nSPS) is 16.3. The molecular weight excluding hydrogens is 620 g/mol. The maximum atomic E-state index is 14.0. The van der Waals surface area contributed by atoms with Crippen molar-refractivity contribution in [2.45, 2.75) is 38.4 Å². The summed E-state index contributed by atoms with van der Waals surface area (Å²) in [5.41, 5.74) is -0.858. The first-order valence-electron chi connectivity index (χ1n) is 13.7. The van der Waals surface area contributed by atoms with Crippen LogP contribution in [0.4, 0.5) is 26.3 Å². The number of nitrogens with one attached hydrogen (secondary N) is 1. The average Bonchev–Trinajstić information content (AvgIpc) is 3.03. The monoisotopic (exact) mass is 651 g/mol. The van der Waals surface area contributed by atoms with Gasteiger partial charge in [-0.3, -0.25) is 0 Å². The SMILES string of the molecule is COC(=O)C1=C(C)N(Cc2ccccc2C(F)(F)F)C(=NCc2cc(OC)c(OC)c(OC)c2)NC1c1ccc(C(F)(F)F)cc1. The quantitative estimate of drug-likeness (QED) is 0.199. The zero-order valence-corrected chi connectivity index (χ0v) is 25.5. The molecule has 1 heterocycles. The van der Waals surface area contributed by atoms with E-state index in [1.807, 2.05) is 0 Å². The van der Waals surface area contributed by atoms with Crippen molar-refractivity contribution in [3.05, 3.63) is 99.8 Å². The molecule has 8 nitrogen and oxygen atoms in total. The van der Waals surface area contributed by atoms with E-state index in [1.54, 1.807) is 12.1 Å². The van der Waals surface area contributed by atoms with Gasteiger partial charge in [0.05, 0.1) is 64.3 Å². The van der Waals surface area contributed by atoms with Gasteiger partial charge in [0.25, 0.3) is 0 Å². The van der Waals surface area contributed by atoms with Crippen molar-refractivity contribution in [2.75, 3.05) is 28.4 Å². The highest BCUT2D eigenvalue weighted by Crippen LogP contribution is 2.40. The second-order valence-electron chi connectivity index (χ2n) is 10.1. The van der Waals surface area contributed by atoms with Gasteiger partial charge in [-0.1, -0.05) is 30.3 Å². The minimum absolute atomic E-state index is 0.0153. The molecule has 4 rings (SSSR count). The number of halogens is 6. The molecule has 0 aliphatic carbocycles. The van der Waals surface area contributed by atoms with Crippen LogP contribution in [0.1, 0.15) is 40.8 Å². The number of alkyl halides is 6.